The van der Waals surface area contributed by atoms with Crippen LogP contribution in [0.15, 0.2) is 36.5 Å². The van der Waals surface area contributed by atoms with E-state index < -0.39 is 6.10 Å². The molecule has 0 bridgehead atoms. The monoisotopic (exact) mass is 271 g/mol. The average Bonchev–Trinajstić information content (AvgIpc) is 2.95. The molecule has 1 atom stereocenters. The number of nitrogens with zero attached hydrogens (tertiary/aromatic N) is 1. The molecule has 20 heavy (non-hydrogen) atoms. The molecule has 1 aromatic heterocycles. The fourth-order valence-electron chi connectivity index (χ4n) is 2.22. The largest absolute Gasteiger partial charge is 0.454 e. The molecule has 4 heteroatoms. The molecular formula is C16H17NO3. The van der Waals surface area contributed by atoms with E-state index in [-0.39, 0.29) is 6.79 Å². The normalized spacial score (nSPS) is 14.3. The molecule has 0 amide bonds. The molecule has 2 aromatic rings. The second-order valence-electron chi connectivity index (χ2n) is 4.84. The zero-order valence-electron chi connectivity index (χ0n) is 11.4. The Labute approximate surface area is 118 Å². The first-order valence-corrected chi connectivity index (χ1v) is 6.77. The number of hydrogen-bond acceptors (Lipinski definition) is 4. The van der Waals surface area contributed by atoms with Gasteiger partial charge in [-0.3, -0.25) is 4.98 Å². The Hall–Kier alpha value is -2.07. The van der Waals surface area contributed by atoms with E-state index in [9.17, 15) is 5.11 Å². The molecule has 0 saturated heterocycles. The van der Waals surface area contributed by atoms with Crippen molar-refractivity contribution in [1.29, 1.82) is 0 Å². The van der Waals surface area contributed by atoms with Gasteiger partial charge in [0.05, 0.1) is 6.10 Å². The average molecular weight is 271 g/mol. The third-order valence-corrected chi connectivity index (χ3v) is 3.48. The van der Waals surface area contributed by atoms with E-state index in [1.165, 1.54) is 5.56 Å². The number of aliphatic hydroxyl groups is 1. The van der Waals surface area contributed by atoms with Crippen LogP contribution in [0.3, 0.4) is 0 Å². The Morgan fingerprint density at radius 3 is 2.80 bits per heavy atom. The van der Waals surface area contributed by atoms with Gasteiger partial charge in [-0.25, -0.2) is 0 Å². The Kier molecular flexibility index (Phi) is 3.56. The molecule has 3 rings (SSSR count). The van der Waals surface area contributed by atoms with E-state index >= 15 is 0 Å². The van der Waals surface area contributed by atoms with Gasteiger partial charge in [-0.15, -0.1) is 0 Å². The summed E-state index contributed by atoms with van der Waals surface area (Å²) >= 11 is 0. The van der Waals surface area contributed by atoms with Crippen molar-refractivity contribution in [2.75, 3.05) is 6.79 Å². The molecule has 1 aliphatic rings. The zero-order valence-corrected chi connectivity index (χ0v) is 11.4. The van der Waals surface area contributed by atoms with Crippen LogP contribution >= 0.6 is 0 Å². The molecule has 1 aliphatic heterocycles. The molecule has 1 unspecified atom stereocenters. The second-order valence-corrected chi connectivity index (χ2v) is 4.84. The van der Waals surface area contributed by atoms with Gasteiger partial charge in [-0.2, -0.15) is 0 Å². The van der Waals surface area contributed by atoms with Gasteiger partial charge in [-0.05, 0) is 35.7 Å². The molecule has 104 valence electrons. The summed E-state index contributed by atoms with van der Waals surface area (Å²) in [7, 11) is 0. The van der Waals surface area contributed by atoms with Gasteiger partial charge in [0.25, 0.3) is 0 Å². The van der Waals surface area contributed by atoms with Gasteiger partial charge >= 0.3 is 0 Å². The van der Waals surface area contributed by atoms with Crippen LogP contribution in [0.4, 0.5) is 0 Å². The van der Waals surface area contributed by atoms with Crippen molar-refractivity contribution in [3.63, 3.8) is 0 Å². The lowest BCUT2D eigenvalue weighted by Gasteiger charge is -2.11. The van der Waals surface area contributed by atoms with Crippen molar-refractivity contribution >= 4 is 0 Å². The summed E-state index contributed by atoms with van der Waals surface area (Å²) in [6.07, 6.45) is 2.73. The Morgan fingerprint density at radius 1 is 1.20 bits per heavy atom. The van der Waals surface area contributed by atoms with E-state index in [1.54, 1.807) is 0 Å². The van der Waals surface area contributed by atoms with Crippen molar-refractivity contribution in [3.8, 4) is 11.5 Å². The van der Waals surface area contributed by atoms with Crippen LogP contribution in [0.25, 0.3) is 0 Å². The molecule has 0 radical (unpaired) electrons. The number of rotatable bonds is 4. The number of aliphatic hydroxyl groups excluding tert-OH is 1. The van der Waals surface area contributed by atoms with Gasteiger partial charge in [-0.1, -0.05) is 19.1 Å². The first-order chi connectivity index (χ1) is 9.76. The lowest BCUT2D eigenvalue weighted by atomic mass is 10.0. The van der Waals surface area contributed by atoms with Crippen LogP contribution in [-0.4, -0.2) is 16.9 Å². The molecule has 4 nitrogen and oxygen atoms in total. The predicted molar refractivity (Wildman–Crippen MR) is 74.8 cm³/mol. The Bertz CT molecular complexity index is 595. The van der Waals surface area contributed by atoms with Crippen LogP contribution in [-0.2, 0) is 12.8 Å². The van der Waals surface area contributed by atoms with E-state index in [1.807, 2.05) is 30.5 Å². The number of aryl methyl sites for hydroxylation is 1. The third-order valence-electron chi connectivity index (χ3n) is 3.48. The predicted octanol–water partition coefficient (Wildman–Crippen LogP) is 2.65. The standard InChI is InChI=1S/C16H17NO3/c1-2-11-3-5-13(17-9-11)8-14(18)12-4-6-15-16(7-12)20-10-19-15/h3-7,9,14,18H,2,8,10H2,1H3. The van der Waals surface area contributed by atoms with Gasteiger partial charge in [0.2, 0.25) is 6.79 Å². The number of benzene rings is 1. The van der Waals surface area contributed by atoms with Crippen LogP contribution in [0.1, 0.15) is 29.8 Å². The summed E-state index contributed by atoms with van der Waals surface area (Å²) in [5.74, 6) is 1.42. The van der Waals surface area contributed by atoms with Crippen molar-refractivity contribution in [2.45, 2.75) is 25.9 Å². The van der Waals surface area contributed by atoms with Gasteiger partial charge in [0.15, 0.2) is 11.5 Å². The maximum absolute atomic E-state index is 10.3. The highest BCUT2D eigenvalue weighted by Crippen LogP contribution is 2.34. The number of pyridine rings is 1. The quantitative estimate of drug-likeness (QED) is 0.928. The highest BCUT2D eigenvalue weighted by atomic mass is 16.7. The molecule has 1 N–H and O–H groups in total. The van der Waals surface area contributed by atoms with Crippen molar-refractivity contribution in [3.05, 3.63) is 53.3 Å². The SMILES string of the molecule is CCc1ccc(CC(O)c2ccc3c(c2)OCO3)nc1. The first kappa shape index (κ1) is 12.9. The molecule has 0 saturated carbocycles. The highest BCUT2D eigenvalue weighted by molar-refractivity contribution is 5.45. The van der Waals surface area contributed by atoms with Crippen molar-refractivity contribution < 1.29 is 14.6 Å². The minimum Gasteiger partial charge on any atom is -0.454 e. The van der Waals surface area contributed by atoms with E-state index in [0.29, 0.717) is 12.2 Å². The summed E-state index contributed by atoms with van der Waals surface area (Å²) in [6, 6.07) is 9.53. The van der Waals surface area contributed by atoms with E-state index in [4.69, 9.17) is 9.47 Å². The van der Waals surface area contributed by atoms with Crippen LogP contribution in [0.5, 0.6) is 11.5 Å². The van der Waals surface area contributed by atoms with Crippen molar-refractivity contribution in [2.24, 2.45) is 0 Å². The number of ether oxygens (including phenoxy) is 2. The number of hydrogen-bond donors (Lipinski definition) is 1. The maximum Gasteiger partial charge on any atom is 0.231 e. The smallest absolute Gasteiger partial charge is 0.231 e. The van der Waals surface area contributed by atoms with E-state index in [2.05, 4.69) is 18.0 Å². The number of fused-ring (bicyclic) bond motifs is 1. The molecule has 0 aliphatic carbocycles. The molecule has 0 fully saturated rings. The van der Waals surface area contributed by atoms with E-state index in [0.717, 1.165) is 23.4 Å². The lowest BCUT2D eigenvalue weighted by Crippen LogP contribution is -2.03. The van der Waals surface area contributed by atoms with Crippen LogP contribution in [0.2, 0.25) is 0 Å². The highest BCUT2D eigenvalue weighted by Gasteiger charge is 2.17. The van der Waals surface area contributed by atoms with Gasteiger partial charge in [0.1, 0.15) is 0 Å². The molecule has 1 aromatic carbocycles. The summed E-state index contributed by atoms with van der Waals surface area (Å²) in [4.78, 5) is 4.37. The molecular weight excluding hydrogens is 254 g/mol. The minimum absolute atomic E-state index is 0.245. The summed E-state index contributed by atoms with van der Waals surface area (Å²) in [5, 5.41) is 10.3. The molecule has 0 spiro atoms. The lowest BCUT2D eigenvalue weighted by molar-refractivity contribution is 0.171. The summed E-state index contributed by atoms with van der Waals surface area (Å²) in [6.45, 7) is 2.34. The topological polar surface area (TPSA) is 51.6 Å². The first-order valence-electron chi connectivity index (χ1n) is 6.77. The number of aromatic nitrogens is 1. The van der Waals surface area contributed by atoms with Crippen molar-refractivity contribution in [1.82, 2.24) is 4.98 Å². The van der Waals surface area contributed by atoms with Gasteiger partial charge in [0, 0.05) is 18.3 Å². The maximum atomic E-state index is 10.3. The Balaban J connectivity index is 1.73. The van der Waals surface area contributed by atoms with Crippen LogP contribution in [0, 0.1) is 0 Å². The third kappa shape index (κ3) is 2.60. The van der Waals surface area contributed by atoms with Gasteiger partial charge < -0.3 is 14.6 Å². The fraction of sp³-hybridized carbons (Fsp3) is 0.312. The second kappa shape index (κ2) is 5.51. The van der Waals surface area contributed by atoms with Crippen LogP contribution < -0.4 is 9.47 Å². The summed E-state index contributed by atoms with van der Waals surface area (Å²) in [5.41, 5.74) is 2.90. The minimum atomic E-state index is -0.593. The summed E-state index contributed by atoms with van der Waals surface area (Å²) < 4.78 is 10.6. The Morgan fingerprint density at radius 2 is 2.05 bits per heavy atom. The molecule has 2 heterocycles. The fourth-order valence-corrected chi connectivity index (χ4v) is 2.22. The zero-order chi connectivity index (χ0) is 13.9.